The van der Waals surface area contributed by atoms with Crippen LogP contribution in [-0.2, 0) is 0 Å². The van der Waals surface area contributed by atoms with Crippen LogP contribution in [0.4, 0.5) is 0 Å². The maximum Gasteiger partial charge on any atom is 0.129 e. The summed E-state index contributed by atoms with van der Waals surface area (Å²) < 4.78 is 0. The molecule has 0 unspecified atom stereocenters. The van der Waals surface area contributed by atoms with E-state index in [1.807, 2.05) is 30.4 Å². The van der Waals surface area contributed by atoms with Crippen LogP contribution in [0.2, 0.25) is 19.6 Å². The van der Waals surface area contributed by atoms with Gasteiger partial charge < -0.3 is 0 Å². The normalized spacial score (nSPS) is 11.1. The predicted octanol–water partition coefficient (Wildman–Crippen LogP) is 2.98. The highest BCUT2D eigenvalue weighted by atomic mass is 28.3. The standard InChI is InChI=1S/C12H15NSi/c1-14(2,3)11-7-5-9-12-8-4-6-10-13-12/h4-6,8-10H,1-3H3. The van der Waals surface area contributed by atoms with Gasteiger partial charge in [-0.25, -0.2) is 0 Å². The minimum absolute atomic E-state index is 0.956. The summed E-state index contributed by atoms with van der Waals surface area (Å²) in [5.41, 5.74) is 4.22. The van der Waals surface area contributed by atoms with Crippen LogP contribution in [0.25, 0.3) is 6.08 Å². The third kappa shape index (κ3) is 4.63. The first-order chi connectivity index (χ1) is 6.58. The Bertz CT molecular complexity index is 363. The smallest absolute Gasteiger partial charge is 0.129 e. The Balaban J connectivity index is 2.61. The highest BCUT2D eigenvalue weighted by Gasteiger charge is 2.06. The van der Waals surface area contributed by atoms with Crippen molar-refractivity contribution in [2.75, 3.05) is 0 Å². The van der Waals surface area contributed by atoms with Gasteiger partial charge in [-0.15, -0.1) is 5.54 Å². The Kier molecular flexibility index (Phi) is 3.67. The summed E-state index contributed by atoms with van der Waals surface area (Å²) >= 11 is 0. The molecule has 0 radical (unpaired) electrons. The molecule has 0 fully saturated rings. The largest absolute Gasteiger partial charge is 0.257 e. The van der Waals surface area contributed by atoms with Gasteiger partial charge in [0.1, 0.15) is 8.07 Å². The minimum atomic E-state index is -1.23. The number of rotatable bonds is 1. The Labute approximate surface area is 86.9 Å². The van der Waals surface area contributed by atoms with E-state index in [1.165, 1.54) is 0 Å². The molecule has 14 heavy (non-hydrogen) atoms. The van der Waals surface area contributed by atoms with E-state index in [1.54, 1.807) is 6.20 Å². The Morgan fingerprint density at radius 3 is 2.64 bits per heavy atom. The molecule has 72 valence electrons. The maximum absolute atomic E-state index is 4.17. The maximum atomic E-state index is 4.17. The zero-order valence-corrected chi connectivity index (χ0v) is 9.91. The topological polar surface area (TPSA) is 12.9 Å². The van der Waals surface area contributed by atoms with E-state index < -0.39 is 8.07 Å². The van der Waals surface area contributed by atoms with Crippen LogP contribution in [0.1, 0.15) is 5.69 Å². The number of pyridine rings is 1. The third-order valence-corrected chi connectivity index (χ3v) is 2.37. The number of aromatic nitrogens is 1. The SMILES string of the molecule is C[Si](C)(C)C#CC=Cc1ccccn1. The summed E-state index contributed by atoms with van der Waals surface area (Å²) in [6, 6.07) is 5.84. The van der Waals surface area contributed by atoms with Gasteiger partial charge in [-0.05, 0) is 24.3 Å². The van der Waals surface area contributed by atoms with Crippen LogP contribution in [-0.4, -0.2) is 13.1 Å². The number of hydrogen-bond acceptors (Lipinski definition) is 1. The summed E-state index contributed by atoms with van der Waals surface area (Å²) in [7, 11) is -1.23. The van der Waals surface area contributed by atoms with Crippen molar-refractivity contribution in [2.45, 2.75) is 19.6 Å². The molecule has 1 rings (SSSR count). The molecule has 0 saturated heterocycles. The molecule has 0 N–H and O–H groups in total. The Hall–Kier alpha value is -1.33. The van der Waals surface area contributed by atoms with Crippen molar-refractivity contribution in [2.24, 2.45) is 0 Å². The lowest BCUT2D eigenvalue weighted by molar-refractivity contribution is 1.30. The second-order valence-corrected chi connectivity index (χ2v) is 8.86. The molecule has 0 aliphatic heterocycles. The van der Waals surface area contributed by atoms with Crippen molar-refractivity contribution in [3.8, 4) is 11.5 Å². The molecule has 1 nitrogen and oxygen atoms in total. The molecule has 1 aromatic rings. The first-order valence-corrected chi connectivity index (χ1v) is 8.18. The molecule has 0 aromatic carbocycles. The summed E-state index contributed by atoms with van der Waals surface area (Å²) in [6.07, 6.45) is 5.60. The zero-order chi connectivity index (χ0) is 10.4. The lowest BCUT2D eigenvalue weighted by atomic mass is 10.3. The van der Waals surface area contributed by atoms with E-state index in [2.05, 4.69) is 36.1 Å². The number of hydrogen-bond donors (Lipinski definition) is 0. The zero-order valence-electron chi connectivity index (χ0n) is 8.91. The van der Waals surface area contributed by atoms with E-state index in [0.29, 0.717) is 0 Å². The fraction of sp³-hybridized carbons (Fsp3) is 0.250. The van der Waals surface area contributed by atoms with Gasteiger partial charge in [0.2, 0.25) is 0 Å². The van der Waals surface area contributed by atoms with Crippen molar-refractivity contribution in [1.82, 2.24) is 4.98 Å². The van der Waals surface area contributed by atoms with Gasteiger partial charge in [0.25, 0.3) is 0 Å². The lowest BCUT2D eigenvalue weighted by Crippen LogP contribution is -2.16. The molecule has 0 atom stereocenters. The van der Waals surface area contributed by atoms with Crippen LogP contribution in [0.15, 0.2) is 30.5 Å². The molecule has 1 heterocycles. The monoisotopic (exact) mass is 201 g/mol. The molecule has 0 aliphatic carbocycles. The molecule has 1 aromatic heterocycles. The molecule has 0 aliphatic rings. The number of nitrogens with zero attached hydrogens (tertiary/aromatic N) is 1. The molecule has 2 heteroatoms. The van der Waals surface area contributed by atoms with Gasteiger partial charge in [-0.1, -0.05) is 31.6 Å². The molecule has 0 spiro atoms. The van der Waals surface area contributed by atoms with E-state index in [-0.39, 0.29) is 0 Å². The second-order valence-electron chi connectivity index (χ2n) is 4.11. The fourth-order valence-electron chi connectivity index (χ4n) is 0.860. The van der Waals surface area contributed by atoms with Gasteiger partial charge in [0.05, 0.1) is 5.69 Å². The van der Waals surface area contributed by atoms with Gasteiger partial charge >= 0.3 is 0 Å². The van der Waals surface area contributed by atoms with Crippen molar-refractivity contribution >= 4 is 14.1 Å². The summed E-state index contributed by atoms with van der Waals surface area (Å²) in [5.74, 6) is 3.06. The quantitative estimate of drug-likeness (QED) is 0.503. The van der Waals surface area contributed by atoms with Crippen LogP contribution in [0, 0.1) is 11.5 Å². The van der Waals surface area contributed by atoms with Crippen LogP contribution >= 0.6 is 0 Å². The van der Waals surface area contributed by atoms with Gasteiger partial charge in [0.15, 0.2) is 0 Å². The molecule has 0 bridgehead atoms. The van der Waals surface area contributed by atoms with Gasteiger partial charge in [0, 0.05) is 6.20 Å². The third-order valence-electron chi connectivity index (χ3n) is 1.47. The highest BCUT2D eigenvalue weighted by molar-refractivity contribution is 6.83. The highest BCUT2D eigenvalue weighted by Crippen LogP contribution is 1.98. The predicted molar refractivity (Wildman–Crippen MR) is 64.4 cm³/mol. The summed E-state index contributed by atoms with van der Waals surface area (Å²) in [5, 5.41) is 0. The van der Waals surface area contributed by atoms with Crippen molar-refractivity contribution in [3.63, 3.8) is 0 Å². The first-order valence-electron chi connectivity index (χ1n) is 4.68. The minimum Gasteiger partial charge on any atom is -0.257 e. The van der Waals surface area contributed by atoms with Crippen LogP contribution in [0.3, 0.4) is 0 Å². The average Bonchev–Trinajstić information content (AvgIpc) is 2.13. The number of allylic oxidation sites excluding steroid dienone is 1. The Morgan fingerprint density at radius 1 is 1.29 bits per heavy atom. The molecule has 0 saturated carbocycles. The van der Waals surface area contributed by atoms with E-state index >= 15 is 0 Å². The van der Waals surface area contributed by atoms with E-state index in [4.69, 9.17) is 0 Å². The first kappa shape index (κ1) is 10.7. The van der Waals surface area contributed by atoms with Crippen molar-refractivity contribution in [3.05, 3.63) is 36.2 Å². The Morgan fingerprint density at radius 2 is 2.07 bits per heavy atom. The van der Waals surface area contributed by atoms with Crippen LogP contribution < -0.4 is 0 Å². The van der Waals surface area contributed by atoms with Crippen LogP contribution in [0.5, 0.6) is 0 Å². The van der Waals surface area contributed by atoms with Crippen molar-refractivity contribution < 1.29 is 0 Å². The fourth-order valence-corrected chi connectivity index (χ4v) is 1.38. The summed E-state index contributed by atoms with van der Waals surface area (Å²) in [6.45, 7) is 6.69. The second kappa shape index (κ2) is 4.78. The summed E-state index contributed by atoms with van der Waals surface area (Å²) in [4.78, 5) is 4.17. The average molecular weight is 201 g/mol. The molecule has 0 amide bonds. The molecular formula is C12H15NSi. The molecular weight excluding hydrogens is 186 g/mol. The van der Waals surface area contributed by atoms with Crippen molar-refractivity contribution in [1.29, 1.82) is 0 Å². The van der Waals surface area contributed by atoms with Gasteiger partial charge in [-0.3, -0.25) is 4.98 Å². The van der Waals surface area contributed by atoms with E-state index in [9.17, 15) is 0 Å². The lowest BCUT2D eigenvalue weighted by Gasteiger charge is -2.01. The van der Waals surface area contributed by atoms with Gasteiger partial charge in [-0.2, -0.15) is 0 Å². The van der Waals surface area contributed by atoms with E-state index in [0.717, 1.165) is 5.69 Å².